The Morgan fingerprint density at radius 1 is 1.47 bits per heavy atom. The van der Waals surface area contributed by atoms with Crippen molar-refractivity contribution in [1.29, 1.82) is 0 Å². The molecule has 102 valence electrons. The summed E-state index contributed by atoms with van der Waals surface area (Å²) in [4.78, 5) is 28.9. The number of esters is 1. The molecule has 1 atom stereocenters. The van der Waals surface area contributed by atoms with Gasteiger partial charge in [-0.05, 0) is 38.5 Å². The summed E-state index contributed by atoms with van der Waals surface area (Å²) < 4.78 is 5.06. The second-order valence-corrected chi connectivity index (χ2v) is 5.56. The van der Waals surface area contributed by atoms with Crippen molar-refractivity contribution in [3.05, 3.63) is 29.0 Å². The third-order valence-electron chi connectivity index (χ3n) is 3.06. The zero-order valence-electron chi connectivity index (χ0n) is 11.0. The number of hydrogen-bond acceptors (Lipinski definition) is 4. The molecule has 2 rings (SSSR count). The molecule has 1 fully saturated rings. The van der Waals surface area contributed by atoms with Crippen molar-refractivity contribution in [2.45, 2.75) is 32.4 Å². The summed E-state index contributed by atoms with van der Waals surface area (Å²) in [5, 5.41) is 0.357. The van der Waals surface area contributed by atoms with Crippen molar-refractivity contribution in [2.24, 2.45) is 0 Å². The molecule has 0 bridgehead atoms. The molecule has 1 amide bonds. The van der Waals surface area contributed by atoms with Crippen molar-refractivity contribution < 1.29 is 14.3 Å². The fourth-order valence-electron chi connectivity index (χ4n) is 2.10. The number of pyridine rings is 1. The summed E-state index contributed by atoms with van der Waals surface area (Å²) >= 11 is 5.84. The lowest BCUT2D eigenvalue weighted by atomic mass is 10.0. The van der Waals surface area contributed by atoms with Crippen LogP contribution in [-0.4, -0.2) is 33.9 Å². The van der Waals surface area contributed by atoms with Crippen LogP contribution in [0.15, 0.2) is 18.3 Å². The average Bonchev–Trinajstić information content (AvgIpc) is 2.32. The first-order valence-corrected chi connectivity index (χ1v) is 6.33. The number of carbonyl (C=O) groups excluding carboxylic acids is 2. The van der Waals surface area contributed by atoms with E-state index >= 15 is 0 Å². The molecule has 1 aliphatic rings. The van der Waals surface area contributed by atoms with Crippen LogP contribution < -0.4 is 0 Å². The van der Waals surface area contributed by atoms with Gasteiger partial charge < -0.3 is 9.64 Å². The van der Waals surface area contributed by atoms with Gasteiger partial charge in [0.15, 0.2) is 0 Å². The van der Waals surface area contributed by atoms with Crippen LogP contribution in [0.3, 0.4) is 0 Å². The monoisotopic (exact) mass is 282 g/mol. The summed E-state index contributed by atoms with van der Waals surface area (Å²) in [7, 11) is 0. The summed E-state index contributed by atoms with van der Waals surface area (Å²) in [6.45, 7) is 5.74. The minimum Gasteiger partial charge on any atom is -0.451 e. The molecule has 1 aromatic heterocycles. The summed E-state index contributed by atoms with van der Waals surface area (Å²) in [5.74, 6) is -1.44. The number of halogens is 1. The van der Waals surface area contributed by atoms with E-state index in [1.54, 1.807) is 32.2 Å². The standard InChI is InChI=1S/C13H15ClN2O3/c1-8(9-4-5-15-10(14)6-9)16-7-13(2,3)19-12(18)11(16)17/h4-6,8H,7H2,1-3H3/t8-/m0/s1. The Morgan fingerprint density at radius 3 is 2.79 bits per heavy atom. The lowest BCUT2D eigenvalue weighted by Crippen LogP contribution is -2.54. The Hall–Kier alpha value is -1.62. The highest BCUT2D eigenvalue weighted by molar-refractivity contribution is 6.33. The molecule has 2 heterocycles. The molecule has 0 aliphatic carbocycles. The van der Waals surface area contributed by atoms with Gasteiger partial charge >= 0.3 is 11.9 Å². The predicted molar refractivity (Wildman–Crippen MR) is 69.5 cm³/mol. The first kappa shape index (κ1) is 13.8. The van der Waals surface area contributed by atoms with Crippen LogP contribution in [0.4, 0.5) is 0 Å². The maximum Gasteiger partial charge on any atom is 0.397 e. The van der Waals surface area contributed by atoms with Gasteiger partial charge in [0.1, 0.15) is 10.8 Å². The molecule has 1 saturated heterocycles. The Morgan fingerprint density at radius 2 is 2.16 bits per heavy atom. The maximum atomic E-state index is 11.9. The summed E-state index contributed by atoms with van der Waals surface area (Å²) in [5.41, 5.74) is 0.148. The van der Waals surface area contributed by atoms with Crippen LogP contribution in [0, 0.1) is 0 Å². The second kappa shape index (κ2) is 4.81. The van der Waals surface area contributed by atoms with Crippen LogP contribution in [0.25, 0.3) is 0 Å². The third kappa shape index (κ3) is 2.87. The van der Waals surface area contributed by atoms with E-state index in [2.05, 4.69) is 4.98 Å². The minimum atomic E-state index is -0.816. The van der Waals surface area contributed by atoms with E-state index in [0.717, 1.165) is 5.56 Å². The zero-order valence-corrected chi connectivity index (χ0v) is 11.8. The van der Waals surface area contributed by atoms with Crippen LogP contribution in [0.2, 0.25) is 5.15 Å². The highest BCUT2D eigenvalue weighted by atomic mass is 35.5. The van der Waals surface area contributed by atoms with Gasteiger partial charge in [-0.1, -0.05) is 11.6 Å². The van der Waals surface area contributed by atoms with Crippen LogP contribution in [-0.2, 0) is 14.3 Å². The first-order chi connectivity index (χ1) is 8.80. The number of nitrogens with zero attached hydrogens (tertiary/aromatic N) is 2. The topological polar surface area (TPSA) is 59.5 Å². The third-order valence-corrected chi connectivity index (χ3v) is 3.26. The van der Waals surface area contributed by atoms with E-state index in [0.29, 0.717) is 11.7 Å². The fraction of sp³-hybridized carbons (Fsp3) is 0.462. The van der Waals surface area contributed by atoms with Crippen molar-refractivity contribution in [2.75, 3.05) is 6.54 Å². The lowest BCUT2D eigenvalue weighted by molar-refractivity contribution is -0.182. The molecule has 19 heavy (non-hydrogen) atoms. The van der Waals surface area contributed by atoms with Crippen molar-refractivity contribution in [3.63, 3.8) is 0 Å². The van der Waals surface area contributed by atoms with E-state index < -0.39 is 17.5 Å². The van der Waals surface area contributed by atoms with Crippen molar-refractivity contribution in [1.82, 2.24) is 9.88 Å². The predicted octanol–water partition coefficient (Wildman–Crippen LogP) is 1.96. The second-order valence-electron chi connectivity index (χ2n) is 5.17. The highest BCUT2D eigenvalue weighted by Gasteiger charge is 2.41. The summed E-state index contributed by atoms with van der Waals surface area (Å²) in [6.07, 6.45) is 1.58. The number of carbonyl (C=O) groups is 2. The maximum absolute atomic E-state index is 11.9. The smallest absolute Gasteiger partial charge is 0.397 e. The Labute approximate surface area is 116 Å². The number of cyclic esters (lactones) is 1. The van der Waals surface area contributed by atoms with Gasteiger partial charge in [0.05, 0.1) is 12.6 Å². The van der Waals surface area contributed by atoms with Crippen LogP contribution in [0.1, 0.15) is 32.4 Å². The Balaban J connectivity index is 2.29. The molecule has 0 saturated carbocycles. The van der Waals surface area contributed by atoms with Gasteiger partial charge in [-0.25, -0.2) is 9.78 Å². The molecule has 0 aromatic carbocycles. The molecule has 0 spiro atoms. The average molecular weight is 283 g/mol. The number of amides is 1. The molecular formula is C13H15ClN2O3. The SMILES string of the molecule is C[C@@H](c1ccnc(Cl)c1)N1CC(C)(C)OC(=O)C1=O. The Kier molecular flexibility index (Phi) is 3.49. The number of aromatic nitrogens is 1. The normalized spacial score (nSPS) is 20.1. The number of hydrogen-bond donors (Lipinski definition) is 0. The van der Waals surface area contributed by atoms with Gasteiger partial charge in [0.2, 0.25) is 0 Å². The molecule has 5 nitrogen and oxygen atoms in total. The van der Waals surface area contributed by atoms with Crippen molar-refractivity contribution >= 4 is 23.5 Å². The number of morpholine rings is 1. The fourth-order valence-corrected chi connectivity index (χ4v) is 2.28. The van der Waals surface area contributed by atoms with E-state index in [-0.39, 0.29) is 6.04 Å². The molecule has 1 aliphatic heterocycles. The molecule has 6 heteroatoms. The molecule has 0 radical (unpaired) electrons. The highest BCUT2D eigenvalue weighted by Crippen LogP contribution is 2.28. The van der Waals surface area contributed by atoms with E-state index in [1.165, 1.54) is 4.90 Å². The zero-order chi connectivity index (χ0) is 14.2. The lowest BCUT2D eigenvalue weighted by Gasteiger charge is -2.40. The van der Waals surface area contributed by atoms with Gasteiger partial charge in [0.25, 0.3) is 0 Å². The number of rotatable bonds is 2. The summed E-state index contributed by atoms with van der Waals surface area (Å²) in [6, 6.07) is 3.20. The molecule has 1 aromatic rings. The Bertz CT molecular complexity index is 530. The first-order valence-electron chi connectivity index (χ1n) is 5.95. The van der Waals surface area contributed by atoms with Gasteiger partial charge in [0, 0.05) is 6.20 Å². The van der Waals surface area contributed by atoms with Crippen LogP contribution in [0.5, 0.6) is 0 Å². The molecule has 0 N–H and O–H groups in total. The van der Waals surface area contributed by atoms with E-state index in [4.69, 9.17) is 16.3 Å². The molecular weight excluding hydrogens is 268 g/mol. The van der Waals surface area contributed by atoms with Gasteiger partial charge in [-0.15, -0.1) is 0 Å². The minimum absolute atomic E-state index is 0.264. The van der Waals surface area contributed by atoms with Gasteiger partial charge in [-0.3, -0.25) is 4.79 Å². The number of ether oxygens (including phenoxy) is 1. The quantitative estimate of drug-likeness (QED) is 0.473. The van der Waals surface area contributed by atoms with E-state index in [9.17, 15) is 9.59 Å². The van der Waals surface area contributed by atoms with Crippen LogP contribution >= 0.6 is 11.6 Å². The van der Waals surface area contributed by atoms with Gasteiger partial charge in [-0.2, -0.15) is 0 Å². The van der Waals surface area contributed by atoms with Crippen molar-refractivity contribution in [3.8, 4) is 0 Å². The van der Waals surface area contributed by atoms with E-state index in [1.807, 2.05) is 6.92 Å². The largest absolute Gasteiger partial charge is 0.451 e. The molecule has 0 unspecified atom stereocenters.